The molecule has 0 fully saturated rings. The second-order valence-electron chi connectivity index (χ2n) is 14.4. The second kappa shape index (κ2) is 32.4. The zero-order chi connectivity index (χ0) is 47.4. The smallest absolute Gasteiger partial charge is 0.264 e. The third-order valence-electron chi connectivity index (χ3n) is 9.51. The summed E-state index contributed by atoms with van der Waals surface area (Å²) in [6, 6.07) is 61.9. The Hall–Kier alpha value is -3.37. The van der Waals surface area contributed by atoms with Gasteiger partial charge in [0.2, 0.25) is 0 Å². The van der Waals surface area contributed by atoms with Gasteiger partial charge in [-0.25, -0.2) is 0 Å². The van der Waals surface area contributed by atoms with Gasteiger partial charge >= 0.3 is 0 Å². The van der Waals surface area contributed by atoms with Crippen molar-refractivity contribution in [2.24, 2.45) is 0 Å². The molecule has 0 heterocycles. The Bertz CT molecular complexity index is 2120. The standard InChI is InChI=1S/3C16H19O3PS.CH2O.Rh/c3*17-21(18,19)14-8-7-13-20(15-9-3-1-4-10-15)16-11-5-2-6-12-16;1-2;/h3*1-6,9-12H,7-8,13-14H2,(H,17,18,19);1H2;. The molecule has 1 radical (unpaired) electrons. The van der Waals surface area contributed by atoms with Crippen LogP contribution in [0, 0.1) is 0 Å². The first-order valence-electron chi connectivity index (χ1n) is 21.0. The van der Waals surface area contributed by atoms with Crippen LogP contribution in [0.5, 0.6) is 0 Å². The van der Waals surface area contributed by atoms with Crippen LogP contribution >= 0.6 is 23.8 Å². The first kappa shape index (κ1) is 58.8. The zero-order valence-corrected chi connectivity index (χ0v) is 43.4. The molecule has 0 spiro atoms. The quantitative estimate of drug-likeness (QED) is 0.0276. The van der Waals surface area contributed by atoms with E-state index in [2.05, 4.69) is 72.8 Å². The molecular formula is C49H59O10P3RhS3. The molecular weight excluding hydrogens is 1040 g/mol. The molecule has 0 saturated heterocycles. The van der Waals surface area contributed by atoms with Crippen LogP contribution < -0.4 is 31.8 Å². The van der Waals surface area contributed by atoms with E-state index in [-0.39, 0.29) is 36.7 Å². The summed E-state index contributed by atoms with van der Waals surface area (Å²) in [4.78, 5) is 8.00. The van der Waals surface area contributed by atoms with Crippen LogP contribution in [0.1, 0.15) is 38.5 Å². The number of unbranched alkanes of at least 4 members (excludes halogenated alkanes) is 3. The molecule has 10 nitrogen and oxygen atoms in total. The molecule has 0 atom stereocenters. The van der Waals surface area contributed by atoms with Gasteiger partial charge in [0.15, 0.2) is 0 Å². The van der Waals surface area contributed by atoms with Gasteiger partial charge in [-0.1, -0.05) is 182 Å². The molecule has 0 saturated carbocycles. The minimum absolute atomic E-state index is 0. The molecule has 0 aliphatic carbocycles. The van der Waals surface area contributed by atoms with Crippen molar-refractivity contribution < 1.29 is 63.2 Å². The summed E-state index contributed by atoms with van der Waals surface area (Å²) in [6.45, 7) is 2.00. The van der Waals surface area contributed by atoms with E-state index in [1.807, 2.05) is 116 Å². The molecule has 0 aliphatic rings. The van der Waals surface area contributed by atoms with E-state index >= 15 is 0 Å². The maximum absolute atomic E-state index is 10.8. The number of carbonyl (C=O) groups is 1. The SMILES string of the molecule is C=O.O=S(=O)(O)CCCCP(c1ccccc1)c1ccccc1.O=S(=O)(O)CCCCP(c1ccccc1)c1ccccc1.O=S(=O)(O)CCCCP(c1ccccc1)c1ccccc1.[Rh]. The monoisotopic (exact) mass is 1100 g/mol. The Kier molecular flexibility index (Phi) is 28.8. The maximum Gasteiger partial charge on any atom is 0.264 e. The van der Waals surface area contributed by atoms with E-state index in [1.54, 1.807) is 0 Å². The largest absolute Gasteiger partial charge is 0.307 e. The summed E-state index contributed by atoms with van der Waals surface area (Å²) in [5.74, 6) is -0.459. The van der Waals surface area contributed by atoms with Crippen molar-refractivity contribution in [1.29, 1.82) is 0 Å². The Morgan fingerprint density at radius 3 is 0.591 bits per heavy atom. The Morgan fingerprint density at radius 1 is 0.303 bits per heavy atom. The molecule has 6 rings (SSSR count). The van der Waals surface area contributed by atoms with Gasteiger partial charge in [-0.2, -0.15) is 25.3 Å². The molecule has 6 aromatic carbocycles. The first-order chi connectivity index (χ1) is 31.2. The van der Waals surface area contributed by atoms with Crippen LogP contribution in [0.2, 0.25) is 0 Å². The number of hydrogen-bond acceptors (Lipinski definition) is 7. The molecule has 0 amide bonds. The van der Waals surface area contributed by atoms with Crippen LogP contribution in [0.3, 0.4) is 0 Å². The minimum Gasteiger partial charge on any atom is -0.307 e. The summed E-state index contributed by atoms with van der Waals surface area (Å²) in [6.07, 6.45) is 6.64. The topological polar surface area (TPSA) is 180 Å². The van der Waals surface area contributed by atoms with Crippen LogP contribution in [-0.2, 0) is 54.6 Å². The molecule has 0 unspecified atom stereocenters. The Morgan fingerprint density at radius 2 is 0.455 bits per heavy atom. The van der Waals surface area contributed by atoms with Gasteiger partial charge in [-0.05, 0) is 113 Å². The van der Waals surface area contributed by atoms with Crippen molar-refractivity contribution >= 4 is 92.7 Å². The predicted molar refractivity (Wildman–Crippen MR) is 276 cm³/mol. The molecule has 0 bridgehead atoms. The molecule has 357 valence electrons. The summed E-state index contributed by atoms with van der Waals surface area (Å²) in [5.41, 5.74) is 0. The van der Waals surface area contributed by atoms with E-state index in [1.165, 1.54) is 31.8 Å². The van der Waals surface area contributed by atoms with Crippen molar-refractivity contribution in [2.75, 3.05) is 35.7 Å². The fourth-order valence-electron chi connectivity index (χ4n) is 6.53. The average Bonchev–Trinajstić information content (AvgIpc) is 3.31. The molecule has 66 heavy (non-hydrogen) atoms. The fraction of sp³-hybridized carbons (Fsp3) is 0.245. The minimum atomic E-state index is -3.84. The van der Waals surface area contributed by atoms with E-state index < -0.39 is 54.1 Å². The zero-order valence-electron chi connectivity index (χ0n) is 36.6. The van der Waals surface area contributed by atoms with Crippen LogP contribution in [0.25, 0.3) is 0 Å². The number of carbonyl (C=O) groups excluding carboxylic acids is 1. The number of hydrogen-bond donors (Lipinski definition) is 3. The molecule has 0 aliphatic heterocycles. The van der Waals surface area contributed by atoms with Gasteiger partial charge in [0.25, 0.3) is 30.4 Å². The normalized spacial score (nSPS) is 11.2. The van der Waals surface area contributed by atoms with E-state index in [9.17, 15) is 25.3 Å². The number of benzene rings is 6. The van der Waals surface area contributed by atoms with Crippen LogP contribution in [0.15, 0.2) is 182 Å². The van der Waals surface area contributed by atoms with Gasteiger partial charge in [0.05, 0.1) is 17.3 Å². The Balaban J connectivity index is 0.000000331. The number of rotatable bonds is 21. The van der Waals surface area contributed by atoms with E-state index in [4.69, 9.17) is 18.5 Å². The average molecular weight is 1100 g/mol. The maximum atomic E-state index is 10.8. The molecule has 3 N–H and O–H groups in total. The van der Waals surface area contributed by atoms with E-state index in [0.717, 1.165) is 37.7 Å². The van der Waals surface area contributed by atoms with Gasteiger partial charge in [0.1, 0.15) is 6.79 Å². The van der Waals surface area contributed by atoms with Crippen molar-refractivity contribution in [2.45, 2.75) is 38.5 Å². The molecule has 17 heteroatoms. The van der Waals surface area contributed by atoms with Crippen LogP contribution in [0.4, 0.5) is 0 Å². The first-order valence-corrected chi connectivity index (χ1v) is 30.4. The van der Waals surface area contributed by atoms with Crippen molar-refractivity contribution in [1.82, 2.24) is 0 Å². The van der Waals surface area contributed by atoms with Crippen molar-refractivity contribution in [3.63, 3.8) is 0 Å². The van der Waals surface area contributed by atoms with Gasteiger partial charge in [0, 0.05) is 19.5 Å². The van der Waals surface area contributed by atoms with Crippen molar-refractivity contribution in [3.8, 4) is 0 Å². The third kappa shape index (κ3) is 25.1. The summed E-state index contributed by atoms with van der Waals surface area (Å²) >= 11 is 0. The third-order valence-corrected chi connectivity index (χ3v) is 19.7. The second-order valence-corrected chi connectivity index (χ2v) is 26.2. The molecule has 0 aromatic heterocycles. The van der Waals surface area contributed by atoms with Gasteiger partial charge in [-0.3, -0.25) is 13.7 Å². The van der Waals surface area contributed by atoms with Gasteiger partial charge in [-0.15, -0.1) is 0 Å². The predicted octanol–water partition coefficient (Wildman–Crippen LogP) is 8.17. The summed E-state index contributed by atoms with van der Waals surface area (Å²) < 4.78 is 91.0. The van der Waals surface area contributed by atoms with E-state index in [0.29, 0.717) is 19.3 Å². The van der Waals surface area contributed by atoms with Gasteiger partial charge < -0.3 is 4.79 Å². The fourth-order valence-corrected chi connectivity index (χ4v) is 15.5. The molecule has 6 aromatic rings. The van der Waals surface area contributed by atoms with Crippen molar-refractivity contribution in [3.05, 3.63) is 182 Å². The van der Waals surface area contributed by atoms with Crippen LogP contribution in [-0.4, -0.2) is 81.4 Å². The Labute approximate surface area is 409 Å². The summed E-state index contributed by atoms with van der Waals surface area (Å²) in [5, 5.41) is 7.78. The summed E-state index contributed by atoms with van der Waals surface area (Å²) in [7, 11) is -13.0.